The van der Waals surface area contributed by atoms with Crippen molar-refractivity contribution < 1.29 is 18.7 Å². The van der Waals surface area contributed by atoms with Gasteiger partial charge in [0.05, 0.1) is 11.3 Å². The van der Waals surface area contributed by atoms with Gasteiger partial charge in [0.15, 0.2) is 11.5 Å². The summed E-state index contributed by atoms with van der Waals surface area (Å²) >= 11 is 0. The third-order valence-corrected chi connectivity index (χ3v) is 3.05. The zero-order valence-corrected chi connectivity index (χ0v) is 11.1. The maximum Gasteiger partial charge on any atom is 0.259 e. The summed E-state index contributed by atoms with van der Waals surface area (Å²) in [6, 6.07) is 8.97. The van der Waals surface area contributed by atoms with Crippen LogP contribution in [0.25, 0.3) is 0 Å². The number of anilines is 2. The van der Waals surface area contributed by atoms with Crippen molar-refractivity contribution in [3.05, 3.63) is 47.8 Å². The number of benzene rings is 2. The summed E-state index contributed by atoms with van der Waals surface area (Å²) in [5.41, 5.74) is 6.26. The summed E-state index contributed by atoms with van der Waals surface area (Å²) in [7, 11) is 0. The van der Waals surface area contributed by atoms with Crippen LogP contribution in [-0.2, 0) is 0 Å². The molecule has 0 bridgehead atoms. The second-order valence-electron chi connectivity index (χ2n) is 4.52. The highest BCUT2D eigenvalue weighted by Gasteiger charge is 2.21. The van der Waals surface area contributed by atoms with Crippen molar-refractivity contribution in [3.63, 3.8) is 0 Å². The molecule has 5 nitrogen and oxygen atoms in total. The van der Waals surface area contributed by atoms with E-state index in [1.807, 2.05) is 0 Å². The van der Waals surface area contributed by atoms with E-state index < -0.39 is 11.7 Å². The second kappa shape index (κ2) is 5.32. The number of carbonyl (C=O) groups is 1. The van der Waals surface area contributed by atoms with Crippen molar-refractivity contribution in [1.82, 2.24) is 0 Å². The number of ether oxygens (including phenoxy) is 2. The molecule has 1 aliphatic heterocycles. The molecule has 0 fully saturated rings. The Hall–Kier alpha value is -2.76. The van der Waals surface area contributed by atoms with Gasteiger partial charge in [0.25, 0.3) is 5.91 Å². The summed E-state index contributed by atoms with van der Waals surface area (Å²) in [6.07, 6.45) is 0. The fraction of sp³-hybridized carbons (Fsp3) is 0.133. The molecular formula is C15H13FN2O3. The molecule has 6 heteroatoms. The standard InChI is InChI=1S/C15H13FN2O3/c16-11-5-4-9(17)8-12(11)18-15(19)10-2-1-3-13-14(10)21-7-6-20-13/h1-5,8H,6-7,17H2,(H,18,19). The maximum atomic E-state index is 13.7. The lowest BCUT2D eigenvalue weighted by Gasteiger charge is -2.20. The fourth-order valence-corrected chi connectivity index (χ4v) is 2.08. The molecule has 0 aliphatic carbocycles. The second-order valence-corrected chi connectivity index (χ2v) is 4.52. The van der Waals surface area contributed by atoms with Gasteiger partial charge < -0.3 is 20.5 Å². The summed E-state index contributed by atoms with van der Waals surface area (Å²) in [5, 5.41) is 2.49. The Morgan fingerprint density at radius 3 is 2.86 bits per heavy atom. The highest BCUT2D eigenvalue weighted by atomic mass is 19.1. The van der Waals surface area contributed by atoms with Crippen LogP contribution in [0.3, 0.4) is 0 Å². The zero-order valence-electron chi connectivity index (χ0n) is 11.1. The number of nitrogens with one attached hydrogen (secondary N) is 1. The van der Waals surface area contributed by atoms with Crippen molar-refractivity contribution in [2.45, 2.75) is 0 Å². The Kier molecular flexibility index (Phi) is 3.35. The van der Waals surface area contributed by atoms with Crippen molar-refractivity contribution in [2.75, 3.05) is 24.3 Å². The van der Waals surface area contributed by atoms with Gasteiger partial charge in [-0.1, -0.05) is 6.07 Å². The lowest BCUT2D eigenvalue weighted by Crippen LogP contribution is -2.20. The molecule has 21 heavy (non-hydrogen) atoms. The van der Waals surface area contributed by atoms with E-state index in [9.17, 15) is 9.18 Å². The van der Waals surface area contributed by atoms with Gasteiger partial charge in [-0.05, 0) is 30.3 Å². The molecule has 0 unspecified atom stereocenters. The quantitative estimate of drug-likeness (QED) is 0.832. The van der Waals surface area contributed by atoms with E-state index in [1.54, 1.807) is 18.2 Å². The Morgan fingerprint density at radius 2 is 2.00 bits per heavy atom. The number of hydrogen-bond acceptors (Lipinski definition) is 4. The normalized spacial score (nSPS) is 12.8. The first-order valence-electron chi connectivity index (χ1n) is 6.40. The van der Waals surface area contributed by atoms with Crippen LogP contribution in [0.4, 0.5) is 15.8 Å². The number of nitrogens with two attached hydrogens (primary N) is 1. The van der Waals surface area contributed by atoms with Crippen molar-refractivity contribution in [2.24, 2.45) is 0 Å². The van der Waals surface area contributed by atoms with Crippen LogP contribution in [0, 0.1) is 5.82 Å². The Morgan fingerprint density at radius 1 is 1.19 bits per heavy atom. The van der Waals surface area contributed by atoms with Crippen LogP contribution in [-0.4, -0.2) is 19.1 Å². The molecule has 1 aliphatic rings. The van der Waals surface area contributed by atoms with E-state index >= 15 is 0 Å². The molecule has 0 radical (unpaired) electrons. The molecule has 2 aromatic carbocycles. The molecular weight excluding hydrogens is 275 g/mol. The van der Waals surface area contributed by atoms with Crippen LogP contribution < -0.4 is 20.5 Å². The lowest BCUT2D eigenvalue weighted by molar-refractivity contribution is 0.101. The minimum absolute atomic E-state index is 0.0225. The number of hydrogen-bond donors (Lipinski definition) is 2. The maximum absolute atomic E-state index is 13.7. The van der Waals surface area contributed by atoms with Crippen LogP contribution in [0.15, 0.2) is 36.4 Å². The minimum atomic E-state index is -0.556. The van der Waals surface area contributed by atoms with E-state index in [4.69, 9.17) is 15.2 Å². The first-order chi connectivity index (χ1) is 10.1. The van der Waals surface area contributed by atoms with Crippen LogP contribution in [0.1, 0.15) is 10.4 Å². The molecule has 0 spiro atoms. The topological polar surface area (TPSA) is 73.6 Å². The molecule has 3 N–H and O–H groups in total. The summed E-state index contributed by atoms with van der Waals surface area (Å²) in [5.74, 6) is -0.172. The molecule has 1 heterocycles. The van der Waals surface area contributed by atoms with Gasteiger partial charge in [-0.3, -0.25) is 4.79 Å². The molecule has 0 saturated carbocycles. The van der Waals surface area contributed by atoms with Crippen molar-refractivity contribution in [1.29, 1.82) is 0 Å². The van der Waals surface area contributed by atoms with E-state index in [0.717, 1.165) is 0 Å². The number of halogens is 1. The smallest absolute Gasteiger partial charge is 0.259 e. The van der Waals surface area contributed by atoms with E-state index in [0.29, 0.717) is 30.4 Å². The van der Waals surface area contributed by atoms with Crippen LogP contribution >= 0.6 is 0 Å². The number of nitrogen functional groups attached to an aromatic ring is 1. The molecule has 0 aromatic heterocycles. The number of rotatable bonds is 2. The molecule has 0 atom stereocenters. The average Bonchev–Trinajstić information content (AvgIpc) is 2.50. The predicted molar refractivity (Wildman–Crippen MR) is 76.2 cm³/mol. The number of para-hydroxylation sites is 1. The lowest BCUT2D eigenvalue weighted by atomic mass is 10.1. The van der Waals surface area contributed by atoms with Gasteiger partial charge in [0.2, 0.25) is 0 Å². The summed E-state index contributed by atoms with van der Waals surface area (Å²) in [6.45, 7) is 0.797. The highest BCUT2D eigenvalue weighted by molar-refractivity contribution is 6.07. The average molecular weight is 288 g/mol. The number of fused-ring (bicyclic) bond motifs is 1. The van der Waals surface area contributed by atoms with E-state index in [2.05, 4.69) is 5.32 Å². The summed E-state index contributed by atoms with van der Waals surface area (Å²) < 4.78 is 24.5. The molecule has 0 saturated heterocycles. The zero-order chi connectivity index (χ0) is 14.8. The Balaban J connectivity index is 1.91. The molecule has 1 amide bonds. The predicted octanol–water partition coefficient (Wildman–Crippen LogP) is 2.43. The van der Waals surface area contributed by atoms with E-state index in [1.165, 1.54) is 18.2 Å². The fourth-order valence-electron chi connectivity index (χ4n) is 2.08. The van der Waals surface area contributed by atoms with Gasteiger partial charge in [0.1, 0.15) is 19.0 Å². The van der Waals surface area contributed by atoms with Crippen molar-refractivity contribution in [3.8, 4) is 11.5 Å². The van der Waals surface area contributed by atoms with Crippen LogP contribution in [0.2, 0.25) is 0 Å². The largest absolute Gasteiger partial charge is 0.486 e. The first-order valence-corrected chi connectivity index (χ1v) is 6.40. The Bertz CT molecular complexity index is 703. The molecule has 3 rings (SSSR count). The van der Waals surface area contributed by atoms with E-state index in [-0.39, 0.29) is 11.3 Å². The van der Waals surface area contributed by atoms with Gasteiger partial charge in [0, 0.05) is 5.69 Å². The van der Waals surface area contributed by atoms with Crippen molar-refractivity contribution >= 4 is 17.3 Å². The van der Waals surface area contributed by atoms with Gasteiger partial charge in [-0.2, -0.15) is 0 Å². The monoisotopic (exact) mass is 288 g/mol. The SMILES string of the molecule is Nc1ccc(F)c(NC(=O)c2cccc3c2OCCO3)c1. The molecule has 108 valence electrons. The Labute approximate surface area is 120 Å². The number of carbonyl (C=O) groups excluding carboxylic acids is 1. The third-order valence-electron chi connectivity index (χ3n) is 3.05. The molecule has 2 aromatic rings. The number of amides is 1. The van der Waals surface area contributed by atoms with Gasteiger partial charge >= 0.3 is 0 Å². The highest BCUT2D eigenvalue weighted by Crippen LogP contribution is 2.34. The summed E-state index contributed by atoms with van der Waals surface area (Å²) in [4.78, 5) is 12.3. The van der Waals surface area contributed by atoms with Gasteiger partial charge in [-0.15, -0.1) is 0 Å². The van der Waals surface area contributed by atoms with Gasteiger partial charge in [-0.25, -0.2) is 4.39 Å². The minimum Gasteiger partial charge on any atom is -0.486 e. The first kappa shape index (κ1) is 13.2. The third kappa shape index (κ3) is 2.60. The van der Waals surface area contributed by atoms with Crippen LogP contribution in [0.5, 0.6) is 11.5 Å².